The van der Waals surface area contributed by atoms with Gasteiger partial charge < -0.3 is 19.5 Å². The van der Waals surface area contributed by atoms with Crippen LogP contribution in [0.3, 0.4) is 0 Å². The minimum atomic E-state index is -0.591. The summed E-state index contributed by atoms with van der Waals surface area (Å²) < 4.78 is 15.3. The van der Waals surface area contributed by atoms with E-state index < -0.39 is 18.5 Å². The molecule has 1 amide bonds. The fourth-order valence-electron chi connectivity index (χ4n) is 2.42. The van der Waals surface area contributed by atoms with Gasteiger partial charge in [-0.15, -0.1) is 0 Å². The Morgan fingerprint density at radius 3 is 2.14 bits per heavy atom. The highest BCUT2D eigenvalue weighted by Gasteiger charge is 2.08. The van der Waals surface area contributed by atoms with Gasteiger partial charge in [0.25, 0.3) is 5.91 Å². The first-order chi connectivity index (χ1) is 13.4. The van der Waals surface area contributed by atoms with Gasteiger partial charge >= 0.3 is 5.97 Å². The lowest BCUT2D eigenvalue weighted by molar-refractivity contribution is -0.142. The molecule has 0 saturated heterocycles. The van der Waals surface area contributed by atoms with Gasteiger partial charge in [0, 0.05) is 30.0 Å². The maximum atomic E-state index is 12.0. The van der Waals surface area contributed by atoms with Crippen molar-refractivity contribution in [2.24, 2.45) is 0 Å². The third-order valence-corrected chi connectivity index (χ3v) is 4.00. The van der Waals surface area contributed by atoms with Crippen LogP contribution in [0.5, 0.6) is 11.5 Å². The Morgan fingerprint density at radius 1 is 1.00 bits per heavy atom. The Balaban J connectivity index is 1.86. The summed E-state index contributed by atoms with van der Waals surface area (Å²) in [6, 6.07) is 12.9. The molecule has 0 radical (unpaired) electrons. The summed E-state index contributed by atoms with van der Waals surface area (Å²) in [6.07, 6.45) is 2.95. The molecule has 2 aromatic rings. The number of nitrogens with one attached hydrogen (secondary N) is 1. The van der Waals surface area contributed by atoms with Crippen LogP contribution in [0, 0.1) is 0 Å². The lowest BCUT2D eigenvalue weighted by Crippen LogP contribution is -2.20. The molecule has 0 aromatic heterocycles. The van der Waals surface area contributed by atoms with Crippen molar-refractivity contribution in [3.8, 4) is 11.5 Å². The molecule has 0 aliphatic heterocycles. The number of amides is 1. The van der Waals surface area contributed by atoms with Gasteiger partial charge in [-0.2, -0.15) is 0 Å². The molecule has 0 aliphatic rings. The van der Waals surface area contributed by atoms with Crippen molar-refractivity contribution >= 4 is 23.6 Å². The van der Waals surface area contributed by atoms with Crippen LogP contribution in [0.1, 0.15) is 30.9 Å². The molecule has 0 bridgehead atoms. The number of hydrogen-bond donors (Lipinski definition) is 1. The summed E-state index contributed by atoms with van der Waals surface area (Å²) in [6.45, 7) is 3.85. The van der Waals surface area contributed by atoms with Crippen molar-refractivity contribution in [3.05, 3.63) is 59.7 Å². The van der Waals surface area contributed by atoms with E-state index in [-0.39, 0.29) is 0 Å². The van der Waals surface area contributed by atoms with Gasteiger partial charge in [-0.05, 0) is 23.1 Å². The summed E-state index contributed by atoms with van der Waals surface area (Å²) in [5.41, 5.74) is 2.60. The Kier molecular flexibility index (Phi) is 7.63. The van der Waals surface area contributed by atoms with Crippen LogP contribution in [0.4, 0.5) is 5.69 Å². The number of ether oxygens (including phenoxy) is 3. The van der Waals surface area contributed by atoms with Gasteiger partial charge in [0.2, 0.25) is 0 Å². The summed E-state index contributed by atoms with van der Waals surface area (Å²) in [5.74, 6) is 0.479. The summed E-state index contributed by atoms with van der Waals surface area (Å²) >= 11 is 0. The number of rotatable bonds is 8. The van der Waals surface area contributed by atoms with E-state index in [1.807, 2.05) is 24.3 Å². The molecule has 0 fully saturated rings. The van der Waals surface area contributed by atoms with Crippen molar-refractivity contribution in [2.75, 3.05) is 26.1 Å². The molecule has 28 heavy (non-hydrogen) atoms. The molecule has 0 unspecified atom stereocenters. The van der Waals surface area contributed by atoms with E-state index in [1.54, 1.807) is 24.3 Å². The monoisotopic (exact) mass is 383 g/mol. The van der Waals surface area contributed by atoms with E-state index in [1.165, 1.54) is 25.9 Å². The number of benzene rings is 2. The normalized spacial score (nSPS) is 10.8. The summed E-state index contributed by atoms with van der Waals surface area (Å²) in [5, 5.41) is 2.64. The Hall–Kier alpha value is -3.28. The Bertz CT molecular complexity index is 818. The maximum absolute atomic E-state index is 12.0. The van der Waals surface area contributed by atoms with E-state index in [4.69, 9.17) is 14.2 Å². The summed E-state index contributed by atoms with van der Waals surface area (Å²) in [4.78, 5) is 23.8. The second-order valence-corrected chi connectivity index (χ2v) is 6.41. The number of anilines is 1. The number of esters is 1. The third kappa shape index (κ3) is 6.46. The molecule has 6 heteroatoms. The average Bonchev–Trinajstić information content (AvgIpc) is 2.70. The average molecular weight is 383 g/mol. The number of carbonyl (C=O) groups excluding carboxylic acids is 2. The smallest absolute Gasteiger partial charge is 0.331 e. The van der Waals surface area contributed by atoms with E-state index in [0.29, 0.717) is 23.1 Å². The topological polar surface area (TPSA) is 73.9 Å². The molecule has 0 saturated carbocycles. The van der Waals surface area contributed by atoms with E-state index in [0.717, 1.165) is 5.56 Å². The van der Waals surface area contributed by atoms with Gasteiger partial charge in [-0.25, -0.2) is 4.79 Å². The molecule has 0 heterocycles. The van der Waals surface area contributed by atoms with E-state index in [9.17, 15) is 9.59 Å². The molecule has 148 valence electrons. The quantitative estimate of drug-likeness (QED) is 0.550. The highest BCUT2D eigenvalue weighted by molar-refractivity contribution is 5.95. The maximum Gasteiger partial charge on any atom is 0.331 e. The van der Waals surface area contributed by atoms with Crippen LogP contribution in [-0.2, 0) is 14.3 Å². The molecule has 2 rings (SSSR count). The second-order valence-electron chi connectivity index (χ2n) is 6.41. The van der Waals surface area contributed by atoms with E-state index in [2.05, 4.69) is 19.2 Å². The molecule has 0 spiro atoms. The molecule has 1 N–H and O–H groups in total. The molecular formula is C22H25NO5. The number of hydrogen-bond acceptors (Lipinski definition) is 5. The van der Waals surface area contributed by atoms with Gasteiger partial charge in [0.15, 0.2) is 6.61 Å². The molecule has 6 nitrogen and oxygen atoms in total. The van der Waals surface area contributed by atoms with Crippen molar-refractivity contribution in [2.45, 2.75) is 19.8 Å². The Morgan fingerprint density at radius 2 is 1.61 bits per heavy atom. The largest absolute Gasteiger partial charge is 0.497 e. The lowest BCUT2D eigenvalue weighted by atomic mass is 10.0. The highest BCUT2D eigenvalue weighted by atomic mass is 16.5. The van der Waals surface area contributed by atoms with Crippen molar-refractivity contribution in [1.82, 2.24) is 0 Å². The Labute approximate surface area is 165 Å². The first-order valence-electron chi connectivity index (χ1n) is 8.89. The van der Waals surface area contributed by atoms with E-state index >= 15 is 0 Å². The zero-order valence-corrected chi connectivity index (χ0v) is 16.5. The van der Waals surface area contributed by atoms with Gasteiger partial charge in [-0.1, -0.05) is 38.1 Å². The summed E-state index contributed by atoms with van der Waals surface area (Å²) in [7, 11) is 3.04. The van der Waals surface area contributed by atoms with Crippen LogP contribution in [-0.4, -0.2) is 32.7 Å². The van der Waals surface area contributed by atoms with Crippen LogP contribution in [0.15, 0.2) is 48.5 Å². The second kappa shape index (κ2) is 10.2. The van der Waals surface area contributed by atoms with Gasteiger partial charge in [0.05, 0.1) is 14.2 Å². The van der Waals surface area contributed by atoms with Crippen LogP contribution in [0.25, 0.3) is 6.08 Å². The molecule has 2 aromatic carbocycles. The SMILES string of the molecule is COc1cc(NC(=O)COC(=O)/C=C/c2ccc(C(C)C)cc2)cc(OC)c1. The first-order valence-corrected chi connectivity index (χ1v) is 8.89. The fraction of sp³-hybridized carbons (Fsp3) is 0.273. The predicted octanol–water partition coefficient (Wildman–Crippen LogP) is 4.02. The van der Waals surface area contributed by atoms with Crippen LogP contribution < -0.4 is 14.8 Å². The van der Waals surface area contributed by atoms with Crippen molar-refractivity contribution < 1.29 is 23.8 Å². The third-order valence-electron chi connectivity index (χ3n) is 4.00. The zero-order valence-electron chi connectivity index (χ0n) is 16.5. The molecule has 0 aliphatic carbocycles. The fourth-order valence-corrected chi connectivity index (χ4v) is 2.42. The predicted molar refractivity (Wildman–Crippen MR) is 109 cm³/mol. The minimum absolute atomic E-state index is 0.394. The van der Waals surface area contributed by atoms with Gasteiger partial charge in [-0.3, -0.25) is 4.79 Å². The number of carbonyl (C=O) groups is 2. The van der Waals surface area contributed by atoms with Gasteiger partial charge in [0.1, 0.15) is 11.5 Å². The highest BCUT2D eigenvalue weighted by Crippen LogP contribution is 2.25. The first kappa shape index (κ1) is 21.0. The van der Waals surface area contributed by atoms with Crippen molar-refractivity contribution in [3.63, 3.8) is 0 Å². The van der Waals surface area contributed by atoms with Crippen LogP contribution >= 0.6 is 0 Å². The van der Waals surface area contributed by atoms with Crippen molar-refractivity contribution in [1.29, 1.82) is 0 Å². The van der Waals surface area contributed by atoms with Crippen LogP contribution in [0.2, 0.25) is 0 Å². The standard InChI is InChI=1S/C22H25NO5/c1-15(2)17-8-5-16(6-9-17)7-10-22(25)28-14-21(24)23-18-11-19(26-3)13-20(12-18)27-4/h5-13,15H,14H2,1-4H3,(H,23,24)/b10-7+. The lowest BCUT2D eigenvalue weighted by Gasteiger charge is -2.09. The minimum Gasteiger partial charge on any atom is -0.497 e. The number of methoxy groups -OCH3 is 2. The molecular weight excluding hydrogens is 358 g/mol. The zero-order chi connectivity index (χ0) is 20.5. The molecule has 0 atom stereocenters.